The van der Waals surface area contributed by atoms with Gasteiger partial charge in [-0.2, -0.15) is 0 Å². The highest BCUT2D eigenvalue weighted by molar-refractivity contribution is 7.09. The molecule has 0 radical (unpaired) electrons. The second-order valence-corrected chi connectivity index (χ2v) is 6.92. The molecule has 0 bridgehead atoms. The molecule has 2 aromatic rings. The van der Waals surface area contributed by atoms with Gasteiger partial charge in [-0.15, -0.1) is 11.3 Å². The first-order valence-electron chi connectivity index (χ1n) is 7.28. The van der Waals surface area contributed by atoms with E-state index in [1.807, 2.05) is 24.3 Å². The lowest BCUT2D eigenvalue weighted by Gasteiger charge is -2.22. The van der Waals surface area contributed by atoms with Crippen molar-refractivity contribution in [2.24, 2.45) is 0 Å². The van der Waals surface area contributed by atoms with Gasteiger partial charge in [0.05, 0.1) is 6.42 Å². The molecule has 0 spiro atoms. The van der Waals surface area contributed by atoms with Crippen LogP contribution in [0.3, 0.4) is 0 Å². The minimum atomic E-state index is 0.233. The Hall–Kier alpha value is -1.32. The maximum Gasteiger partial charge on any atom is 0.227 e. The van der Waals surface area contributed by atoms with E-state index in [4.69, 9.17) is 11.6 Å². The Morgan fingerprint density at radius 2 is 2.00 bits per heavy atom. The molecule has 1 saturated carbocycles. The molecule has 0 saturated heterocycles. The van der Waals surface area contributed by atoms with Crippen LogP contribution in [0, 0.1) is 0 Å². The van der Waals surface area contributed by atoms with Crippen LogP contribution in [0.25, 0.3) is 0 Å². The van der Waals surface area contributed by atoms with Crippen LogP contribution < -0.4 is 0 Å². The van der Waals surface area contributed by atoms with Crippen LogP contribution in [0.2, 0.25) is 5.02 Å². The van der Waals surface area contributed by atoms with E-state index >= 15 is 0 Å². The Labute approximate surface area is 134 Å². The Morgan fingerprint density at radius 3 is 2.62 bits per heavy atom. The average molecular weight is 320 g/mol. The highest BCUT2D eigenvalue weighted by Crippen LogP contribution is 2.28. The minimum Gasteiger partial charge on any atom is -0.339 e. The van der Waals surface area contributed by atoms with Crippen molar-refractivity contribution < 1.29 is 4.79 Å². The lowest BCUT2D eigenvalue weighted by molar-refractivity contribution is -0.131. The van der Waals surface area contributed by atoms with Crippen molar-refractivity contribution in [2.75, 3.05) is 6.54 Å². The standard InChI is InChI=1S/C17H18ClNOS/c18-14-5-3-13(4-6-14)12-17(20)19(15-7-8-15)10-9-16-2-1-11-21-16/h1-6,11,15H,7-10,12H2. The molecule has 0 aliphatic heterocycles. The zero-order valence-electron chi connectivity index (χ0n) is 11.8. The number of hydrogen-bond donors (Lipinski definition) is 0. The van der Waals surface area contributed by atoms with Gasteiger partial charge in [0, 0.05) is 22.5 Å². The fourth-order valence-corrected chi connectivity index (χ4v) is 3.29. The summed E-state index contributed by atoms with van der Waals surface area (Å²) in [6, 6.07) is 12.2. The van der Waals surface area contributed by atoms with Gasteiger partial charge in [0.15, 0.2) is 0 Å². The van der Waals surface area contributed by atoms with E-state index in [9.17, 15) is 4.79 Å². The molecule has 3 rings (SSSR count). The lowest BCUT2D eigenvalue weighted by atomic mass is 10.1. The second kappa shape index (κ2) is 6.63. The summed E-state index contributed by atoms with van der Waals surface area (Å²) in [4.78, 5) is 15.9. The predicted octanol–water partition coefficient (Wildman–Crippen LogP) is 4.18. The van der Waals surface area contributed by atoms with Crippen molar-refractivity contribution in [3.8, 4) is 0 Å². The number of carbonyl (C=O) groups is 1. The van der Waals surface area contributed by atoms with Crippen LogP contribution in [0.4, 0.5) is 0 Å². The van der Waals surface area contributed by atoms with Gasteiger partial charge in [0.2, 0.25) is 5.91 Å². The van der Waals surface area contributed by atoms with Crippen molar-refractivity contribution in [1.29, 1.82) is 0 Å². The Morgan fingerprint density at radius 1 is 1.24 bits per heavy atom. The summed E-state index contributed by atoms with van der Waals surface area (Å²) in [7, 11) is 0. The molecule has 110 valence electrons. The van der Waals surface area contributed by atoms with Gasteiger partial charge in [-0.05, 0) is 48.4 Å². The largest absolute Gasteiger partial charge is 0.339 e. The fourth-order valence-electron chi connectivity index (χ4n) is 2.46. The Kier molecular flexibility index (Phi) is 4.61. The molecular formula is C17H18ClNOS. The summed E-state index contributed by atoms with van der Waals surface area (Å²) in [5.41, 5.74) is 1.03. The third-order valence-electron chi connectivity index (χ3n) is 3.76. The van der Waals surface area contributed by atoms with E-state index < -0.39 is 0 Å². The Bertz CT molecular complexity index is 590. The maximum absolute atomic E-state index is 12.5. The van der Waals surface area contributed by atoms with Crippen LogP contribution in [0.5, 0.6) is 0 Å². The van der Waals surface area contributed by atoms with Crippen LogP contribution in [-0.2, 0) is 17.6 Å². The monoisotopic (exact) mass is 319 g/mol. The van der Waals surface area contributed by atoms with Crippen LogP contribution >= 0.6 is 22.9 Å². The van der Waals surface area contributed by atoms with Crippen molar-refractivity contribution in [3.05, 3.63) is 57.2 Å². The minimum absolute atomic E-state index is 0.233. The van der Waals surface area contributed by atoms with E-state index in [1.54, 1.807) is 11.3 Å². The zero-order valence-corrected chi connectivity index (χ0v) is 13.4. The van der Waals surface area contributed by atoms with Crippen LogP contribution in [0.1, 0.15) is 23.3 Å². The molecule has 1 aliphatic carbocycles. The summed E-state index contributed by atoms with van der Waals surface area (Å²) < 4.78 is 0. The molecule has 21 heavy (non-hydrogen) atoms. The summed E-state index contributed by atoms with van der Waals surface area (Å²) in [6.07, 6.45) is 3.73. The number of benzene rings is 1. The van der Waals surface area contributed by atoms with Gasteiger partial charge in [-0.3, -0.25) is 4.79 Å². The van der Waals surface area contributed by atoms with Gasteiger partial charge >= 0.3 is 0 Å². The third kappa shape index (κ3) is 4.08. The Balaban J connectivity index is 1.60. The fraction of sp³-hybridized carbons (Fsp3) is 0.353. The molecule has 1 fully saturated rings. The third-order valence-corrected chi connectivity index (χ3v) is 4.94. The number of thiophene rings is 1. The van der Waals surface area contributed by atoms with Gasteiger partial charge in [-0.25, -0.2) is 0 Å². The van der Waals surface area contributed by atoms with Crippen molar-refractivity contribution in [3.63, 3.8) is 0 Å². The summed E-state index contributed by atoms with van der Waals surface area (Å²) in [5.74, 6) is 0.233. The first-order valence-corrected chi connectivity index (χ1v) is 8.54. The summed E-state index contributed by atoms with van der Waals surface area (Å²) in [6.45, 7) is 0.831. The molecule has 1 aliphatic rings. The molecule has 1 aromatic carbocycles. The molecule has 0 unspecified atom stereocenters. The SMILES string of the molecule is O=C(Cc1ccc(Cl)cc1)N(CCc1cccs1)C1CC1. The molecule has 4 heteroatoms. The lowest BCUT2D eigenvalue weighted by Crippen LogP contribution is -2.35. The predicted molar refractivity (Wildman–Crippen MR) is 87.9 cm³/mol. The normalized spacial score (nSPS) is 14.1. The van der Waals surface area contributed by atoms with E-state index in [1.165, 1.54) is 4.88 Å². The first-order chi connectivity index (χ1) is 10.2. The summed E-state index contributed by atoms with van der Waals surface area (Å²) >= 11 is 7.65. The van der Waals surface area contributed by atoms with E-state index in [0.717, 1.165) is 31.4 Å². The molecule has 2 nitrogen and oxygen atoms in total. The summed E-state index contributed by atoms with van der Waals surface area (Å²) in [5, 5.41) is 2.80. The van der Waals surface area contributed by atoms with Gasteiger partial charge in [-0.1, -0.05) is 29.8 Å². The average Bonchev–Trinajstić information content (AvgIpc) is 3.17. The molecule has 0 N–H and O–H groups in total. The highest BCUT2D eigenvalue weighted by atomic mass is 35.5. The molecule has 0 atom stereocenters. The molecule has 1 amide bonds. The van der Waals surface area contributed by atoms with Crippen LogP contribution in [0.15, 0.2) is 41.8 Å². The number of nitrogens with zero attached hydrogens (tertiary/aromatic N) is 1. The van der Waals surface area contributed by atoms with Crippen molar-refractivity contribution in [1.82, 2.24) is 4.90 Å². The number of carbonyl (C=O) groups excluding carboxylic acids is 1. The van der Waals surface area contributed by atoms with E-state index in [0.29, 0.717) is 17.5 Å². The smallest absolute Gasteiger partial charge is 0.227 e. The molecule has 1 aromatic heterocycles. The molecular weight excluding hydrogens is 302 g/mol. The number of amides is 1. The quantitative estimate of drug-likeness (QED) is 0.782. The van der Waals surface area contributed by atoms with Crippen molar-refractivity contribution in [2.45, 2.75) is 31.7 Å². The topological polar surface area (TPSA) is 20.3 Å². The van der Waals surface area contributed by atoms with E-state index in [2.05, 4.69) is 22.4 Å². The van der Waals surface area contributed by atoms with Gasteiger partial charge in [0.1, 0.15) is 0 Å². The van der Waals surface area contributed by atoms with Crippen LogP contribution in [-0.4, -0.2) is 23.4 Å². The molecule has 1 heterocycles. The second-order valence-electron chi connectivity index (χ2n) is 5.45. The number of hydrogen-bond acceptors (Lipinski definition) is 2. The maximum atomic E-state index is 12.5. The highest BCUT2D eigenvalue weighted by Gasteiger charge is 2.32. The zero-order chi connectivity index (χ0) is 14.7. The number of rotatable bonds is 6. The van der Waals surface area contributed by atoms with Crippen molar-refractivity contribution >= 4 is 28.8 Å². The van der Waals surface area contributed by atoms with Gasteiger partial charge in [0.25, 0.3) is 0 Å². The first kappa shape index (κ1) is 14.6. The van der Waals surface area contributed by atoms with E-state index in [-0.39, 0.29) is 5.91 Å². The van der Waals surface area contributed by atoms with Gasteiger partial charge < -0.3 is 4.90 Å². The number of halogens is 1.